The van der Waals surface area contributed by atoms with Crippen LogP contribution in [-0.4, -0.2) is 57.4 Å². The average molecular weight is 340 g/mol. The number of carbonyl (C=O) groups excluding carboxylic acids is 1. The summed E-state index contributed by atoms with van der Waals surface area (Å²) in [5, 5.41) is 17.2. The van der Waals surface area contributed by atoms with Crippen LogP contribution in [0.2, 0.25) is 0 Å². The maximum absolute atomic E-state index is 12.6. The molecule has 0 unspecified atom stereocenters. The molecule has 24 heavy (non-hydrogen) atoms. The van der Waals surface area contributed by atoms with Gasteiger partial charge in [-0.3, -0.25) is 9.89 Å². The van der Waals surface area contributed by atoms with Gasteiger partial charge < -0.3 is 9.80 Å². The number of hydrogen-bond donors (Lipinski definition) is 1. The van der Waals surface area contributed by atoms with E-state index >= 15 is 0 Å². The predicted octanol–water partition coefficient (Wildman–Crippen LogP) is 1.89. The monoisotopic (exact) mass is 340 g/mol. The van der Waals surface area contributed by atoms with Gasteiger partial charge in [-0.2, -0.15) is 10.2 Å². The first kappa shape index (κ1) is 14.8. The maximum Gasteiger partial charge on any atom is 0.274 e. The normalized spacial score (nSPS) is 14.8. The van der Waals surface area contributed by atoms with Gasteiger partial charge in [-0.15, -0.1) is 16.4 Å². The van der Waals surface area contributed by atoms with Crippen molar-refractivity contribution < 1.29 is 4.79 Å². The fraction of sp³-hybridized carbons (Fsp3) is 0.250. The highest BCUT2D eigenvalue weighted by atomic mass is 32.1. The van der Waals surface area contributed by atoms with E-state index in [0.29, 0.717) is 18.8 Å². The Labute approximate surface area is 142 Å². The summed E-state index contributed by atoms with van der Waals surface area (Å²) in [5.74, 6) is 0.817. The molecular formula is C16H16N6OS. The van der Waals surface area contributed by atoms with Gasteiger partial charge in [0.15, 0.2) is 11.5 Å². The molecule has 0 spiro atoms. The van der Waals surface area contributed by atoms with E-state index in [-0.39, 0.29) is 5.91 Å². The molecule has 0 aliphatic carbocycles. The van der Waals surface area contributed by atoms with Gasteiger partial charge in [0.1, 0.15) is 0 Å². The molecule has 1 saturated heterocycles. The van der Waals surface area contributed by atoms with Crippen molar-refractivity contribution in [2.75, 3.05) is 31.1 Å². The Morgan fingerprint density at radius 2 is 2.04 bits per heavy atom. The van der Waals surface area contributed by atoms with Crippen LogP contribution in [0.3, 0.4) is 0 Å². The van der Waals surface area contributed by atoms with E-state index in [9.17, 15) is 4.79 Å². The highest BCUT2D eigenvalue weighted by Gasteiger charge is 2.24. The highest BCUT2D eigenvalue weighted by Crippen LogP contribution is 2.23. The Balaban J connectivity index is 1.41. The molecule has 1 fully saturated rings. The van der Waals surface area contributed by atoms with Crippen LogP contribution in [0.1, 0.15) is 10.5 Å². The molecule has 7 nitrogen and oxygen atoms in total. The van der Waals surface area contributed by atoms with Gasteiger partial charge in [0.05, 0.1) is 10.6 Å². The van der Waals surface area contributed by atoms with Crippen molar-refractivity contribution >= 4 is 23.1 Å². The fourth-order valence-corrected chi connectivity index (χ4v) is 3.44. The number of aromatic nitrogens is 4. The molecule has 0 saturated carbocycles. The molecule has 3 aromatic heterocycles. The zero-order valence-corrected chi connectivity index (χ0v) is 13.7. The number of rotatable bonds is 3. The van der Waals surface area contributed by atoms with Gasteiger partial charge in [0, 0.05) is 32.4 Å². The van der Waals surface area contributed by atoms with E-state index in [1.54, 1.807) is 17.5 Å². The molecule has 0 radical (unpaired) electrons. The van der Waals surface area contributed by atoms with E-state index in [1.807, 2.05) is 40.6 Å². The summed E-state index contributed by atoms with van der Waals surface area (Å²) in [6.07, 6.45) is 1.66. The number of carbonyl (C=O) groups is 1. The summed E-state index contributed by atoms with van der Waals surface area (Å²) in [5.41, 5.74) is 1.35. The van der Waals surface area contributed by atoms with Gasteiger partial charge in [0.2, 0.25) is 0 Å². The molecule has 1 amide bonds. The topological polar surface area (TPSA) is 78.0 Å². The molecule has 0 atom stereocenters. The van der Waals surface area contributed by atoms with Crippen molar-refractivity contribution in [2.24, 2.45) is 0 Å². The minimum Gasteiger partial charge on any atom is -0.352 e. The molecule has 0 bridgehead atoms. The summed E-state index contributed by atoms with van der Waals surface area (Å²) in [4.78, 5) is 17.7. The molecule has 1 aliphatic rings. The maximum atomic E-state index is 12.6. The molecule has 3 aromatic rings. The van der Waals surface area contributed by atoms with Crippen molar-refractivity contribution in [3.05, 3.63) is 47.6 Å². The number of aromatic amines is 1. The number of thiophene rings is 1. The Morgan fingerprint density at radius 3 is 2.75 bits per heavy atom. The second kappa shape index (κ2) is 6.40. The van der Waals surface area contributed by atoms with Gasteiger partial charge in [-0.1, -0.05) is 6.07 Å². The number of hydrogen-bond acceptors (Lipinski definition) is 6. The van der Waals surface area contributed by atoms with Gasteiger partial charge in [-0.05, 0) is 29.6 Å². The Hall–Kier alpha value is -2.74. The molecule has 4 rings (SSSR count). The number of nitrogens with one attached hydrogen (secondary N) is 1. The molecule has 1 N–H and O–H groups in total. The van der Waals surface area contributed by atoms with Crippen molar-refractivity contribution in [3.8, 4) is 10.6 Å². The third-order valence-corrected chi connectivity index (χ3v) is 4.94. The summed E-state index contributed by atoms with van der Waals surface area (Å²) >= 11 is 1.62. The van der Waals surface area contributed by atoms with Gasteiger partial charge in [-0.25, -0.2) is 0 Å². The first-order valence-corrected chi connectivity index (χ1v) is 8.60. The third-order valence-electron chi connectivity index (χ3n) is 4.03. The van der Waals surface area contributed by atoms with Crippen LogP contribution in [0.15, 0.2) is 41.9 Å². The highest BCUT2D eigenvalue weighted by molar-refractivity contribution is 7.13. The molecule has 122 valence electrons. The van der Waals surface area contributed by atoms with Crippen molar-refractivity contribution in [3.63, 3.8) is 0 Å². The average Bonchev–Trinajstić information content (AvgIpc) is 3.33. The summed E-state index contributed by atoms with van der Waals surface area (Å²) < 4.78 is 0. The molecule has 8 heteroatoms. The first-order chi connectivity index (χ1) is 11.8. The predicted molar refractivity (Wildman–Crippen MR) is 92.0 cm³/mol. The van der Waals surface area contributed by atoms with Crippen LogP contribution >= 0.6 is 11.3 Å². The van der Waals surface area contributed by atoms with E-state index < -0.39 is 0 Å². The zero-order chi connectivity index (χ0) is 16.4. The van der Waals surface area contributed by atoms with E-state index in [1.165, 1.54) is 0 Å². The fourth-order valence-electron chi connectivity index (χ4n) is 2.75. The zero-order valence-electron chi connectivity index (χ0n) is 12.9. The standard InChI is InChI=1S/C16H16N6OS/c23-16(13-11-12(18-19-13)14-3-2-10-24-14)22-8-6-21(7-9-22)15-4-1-5-17-20-15/h1-5,10-11H,6-9H2,(H,18,19). The number of piperazine rings is 1. The summed E-state index contributed by atoms with van der Waals surface area (Å²) in [6, 6.07) is 9.62. The Kier molecular flexibility index (Phi) is 3.96. The van der Waals surface area contributed by atoms with Gasteiger partial charge in [0.25, 0.3) is 5.91 Å². The van der Waals surface area contributed by atoms with Crippen LogP contribution < -0.4 is 4.90 Å². The number of nitrogens with zero attached hydrogens (tertiary/aromatic N) is 5. The van der Waals surface area contributed by atoms with Crippen molar-refractivity contribution in [1.29, 1.82) is 0 Å². The summed E-state index contributed by atoms with van der Waals surface area (Å²) in [6.45, 7) is 2.78. The lowest BCUT2D eigenvalue weighted by molar-refractivity contribution is 0.0740. The number of amides is 1. The first-order valence-electron chi connectivity index (χ1n) is 7.72. The van der Waals surface area contributed by atoms with Crippen molar-refractivity contribution in [2.45, 2.75) is 0 Å². The van der Waals surface area contributed by atoms with Crippen LogP contribution in [0.4, 0.5) is 5.82 Å². The Morgan fingerprint density at radius 1 is 1.17 bits per heavy atom. The Bertz CT molecular complexity index is 808. The lowest BCUT2D eigenvalue weighted by atomic mass is 10.2. The van der Waals surface area contributed by atoms with Crippen LogP contribution in [0, 0.1) is 0 Å². The lowest BCUT2D eigenvalue weighted by Gasteiger charge is -2.34. The molecule has 4 heterocycles. The smallest absolute Gasteiger partial charge is 0.274 e. The van der Waals surface area contributed by atoms with Crippen LogP contribution in [0.5, 0.6) is 0 Å². The minimum atomic E-state index is -0.0344. The second-order valence-corrected chi connectivity index (χ2v) is 6.45. The largest absolute Gasteiger partial charge is 0.352 e. The molecular weight excluding hydrogens is 324 g/mol. The van der Waals surface area contributed by atoms with E-state index in [0.717, 1.165) is 29.5 Å². The molecule has 1 aliphatic heterocycles. The van der Waals surface area contributed by atoms with Crippen LogP contribution in [-0.2, 0) is 0 Å². The number of H-pyrrole nitrogens is 1. The summed E-state index contributed by atoms with van der Waals surface area (Å²) in [7, 11) is 0. The quantitative estimate of drug-likeness (QED) is 0.788. The SMILES string of the molecule is O=C(c1cc(-c2cccs2)[nH]n1)N1CCN(c2cccnn2)CC1. The molecule has 0 aromatic carbocycles. The third kappa shape index (κ3) is 2.88. The van der Waals surface area contributed by atoms with Crippen molar-refractivity contribution in [1.82, 2.24) is 25.3 Å². The van der Waals surface area contributed by atoms with Crippen LogP contribution in [0.25, 0.3) is 10.6 Å². The minimum absolute atomic E-state index is 0.0344. The van der Waals surface area contributed by atoms with E-state index in [2.05, 4.69) is 25.3 Å². The van der Waals surface area contributed by atoms with Gasteiger partial charge >= 0.3 is 0 Å². The lowest BCUT2D eigenvalue weighted by Crippen LogP contribution is -2.49. The van der Waals surface area contributed by atoms with E-state index in [4.69, 9.17) is 0 Å². The number of anilines is 1. The second-order valence-electron chi connectivity index (χ2n) is 5.51.